The minimum Gasteiger partial charge on any atom is -0.493 e. The monoisotopic (exact) mass is 236 g/mol. The van der Waals surface area contributed by atoms with Gasteiger partial charge in [-0.2, -0.15) is 0 Å². The lowest BCUT2D eigenvalue weighted by atomic mass is 10.1. The van der Waals surface area contributed by atoms with E-state index in [0.29, 0.717) is 11.5 Å². The van der Waals surface area contributed by atoms with Crippen LogP contribution in [0.2, 0.25) is 0 Å². The maximum Gasteiger partial charge on any atom is 0.187 e. The summed E-state index contributed by atoms with van der Waals surface area (Å²) in [5.41, 5.74) is 0. The minimum absolute atomic E-state index is 0.416. The SMILES string of the molecule is CCOc1ccc(S(=O)O)c2ccccc12. The molecule has 0 spiro atoms. The Morgan fingerprint density at radius 2 is 1.88 bits per heavy atom. The van der Waals surface area contributed by atoms with Crippen LogP contribution in [0.5, 0.6) is 5.75 Å². The largest absolute Gasteiger partial charge is 0.493 e. The van der Waals surface area contributed by atoms with Crippen molar-refractivity contribution < 1.29 is 13.5 Å². The quantitative estimate of drug-likeness (QED) is 0.833. The molecule has 1 N–H and O–H groups in total. The molecule has 1 unspecified atom stereocenters. The summed E-state index contributed by atoms with van der Waals surface area (Å²) in [5, 5.41) is 1.62. The van der Waals surface area contributed by atoms with Crippen LogP contribution < -0.4 is 4.74 Å². The fraction of sp³-hybridized carbons (Fsp3) is 0.167. The van der Waals surface area contributed by atoms with Gasteiger partial charge < -0.3 is 9.29 Å². The first-order valence-electron chi connectivity index (χ1n) is 4.99. The number of hydrogen-bond donors (Lipinski definition) is 1. The molecule has 1 atom stereocenters. The van der Waals surface area contributed by atoms with Crippen LogP contribution in [0.3, 0.4) is 0 Å². The van der Waals surface area contributed by atoms with E-state index >= 15 is 0 Å². The Kier molecular flexibility index (Phi) is 3.22. The maximum atomic E-state index is 11.2. The summed E-state index contributed by atoms with van der Waals surface area (Å²) in [6, 6.07) is 10.8. The van der Waals surface area contributed by atoms with Gasteiger partial charge in [-0.05, 0) is 19.1 Å². The molecule has 3 nitrogen and oxygen atoms in total. The molecule has 0 fully saturated rings. The molecule has 0 aliphatic carbocycles. The molecule has 0 saturated carbocycles. The standard InChI is InChI=1S/C12H12O3S/c1-2-15-11-7-8-12(16(13)14)10-6-4-3-5-9(10)11/h3-8H,2H2,1H3,(H,13,14). The zero-order chi connectivity index (χ0) is 11.5. The summed E-state index contributed by atoms with van der Waals surface area (Å²) in [6.45, 7) is 2.48. The van der Waals surface area contributed by atoms with Gasteiger partial charge in [0.15, 0.2) is 11.1 Å². The molecule has 0 saturated heterocycles. The van der Waals surface area contributed by atoms with Crippen LogP contribution >= 0.6 is 0 Å². The van der Waals surface area contributed by atoms with Gasteiger partial charge in [-0.15, -0.1) is 0 Å². The summed E-state index contributed by atoms with van der Waals surface area (Å²) in [6.07, 6.45) is 0. The zero-order valence-electron chi connectivity index (χ0n) is 8.84. The van der Waals surface area contributed by atoms with E-state index < -0.39 is 11.1 Å². The number of rotatable bonds is 3. The van der Waals surface area contributed by atoms with Gasteiger partial charge in [-0.25, -0.2) is 4.21 Å². The Hall–Kier alpha value is -1.39. The molecule has 0 aromatic heterocycles. The van der Waals surface area contributed by atoms with Gasteiger partial charge in [-0.3, -0.25) is 0 Å². The lowest BCUT2D eigenvalue weighted by Crippen LogP contribution is -1.95. The summed E-state index contributed by atoms with van der Waals surface area (Å²) < 4.78 is 25.8. The van der Waals surface area contributed by atoms with Gasteiger partial charge in [0.25, 0.3) is 0 Å². The van der Waals surface area contributed by atoms with Crippen molar-refractivity contribution in [2.75, 3.05) is 6.61 Å². The topological polar surface area (TPSA) is 46.5 Å². The lowest BCUT2D eigenvalue weighted by molar-refractivity contribution is 0.344. The van der Waals surface area contributed by atoms with E-state index in [0.717, 1.165) is 16.5 Å². The zero-order valence-corrected chi connectivity index (χ0v) is 9.66. The third-order valence-electron chi connectivity index (χ3n) is 2.33. The summed E-state index contributed by atoms with van der Waals surface area (Å²) in [7, 11) is 0. The second kappa shape index (κ2) is 4.63. The molecule has 0 heterocycles. The fourth-order valence-electron chi connectivity index (χ4n) is 1.68. The highest BCUT2D eigenvalue weighted by Crippen LogP contribution is 2.29. The van der Waals surface area contributed by atoms with Crippen molar-refractivity contribution >= 4 is 21.9 Å². The van der Waals surface area contributed by atoms with Gasteiger partial charge >= 0.3 is 0 Å². The van der Waals surface area contributed by atoms with Crippen molar-refractivity contribution in [3.8, 4) is 5.75 Å². The number of hydrogen-bond acceptors (Lipinski definition) is 2. The first kappa shape index (κ1) is 11.1. The summed E-state index contributed by atoms with van der Waals surface area (Å²) >= 11 is -1.97. The van der Waals surface area contributed by atoms with E-state index in [2.05, 4.69) is 0 Å². The predicted octanol–water partition coefficient (Wildman–Crippen LogP) is 2.82. The molecule has 0 bridgehead atoms. The second-order valence-corrected chi connectivity index (χ2v) is 4.23. The van der Waals surface area contributed by atoms with Gasteiger partial charge in [-0.1, -0.05) is 24.3 Å². The van der Waals surface area contributed by atoms with E-state index in [9.17, 15) is 8.76 Å². The van der Waals surface area contributed by atoms with Crippen molar-refractivity contribution in [1.29, 1.82) is 0 Å². The van der Waals surface area contributed by atoms with Crippen LogP contribution in [0.1, 0.15) is 6.92 Å². The molecular weight excluding hydrogens is 224 g/mol. The van der Waals surface area contributed by atoms with Crippen LogP contribution in [-0.4, -0.2) is 15.4 Å². The molecule has 0 aliphatic rings. The second-order valence-electron chi connectivity index (χ2n) is 3.29. The Bertz CT molecular complexity index is 537. The highest BCUT2D eigenvalue weighted by molar-refractivity contribution is 7.79. The van der Waals surface area contributed by atoms with Crippen LogP contribution in [0.15, 0.2) is 41.3 Å². The van der Waals surface area contributed by atoms with E-state index in [4.69, 9.17) is 4.74 Å². The molecule has 0 aliphatic heterocycles. The fourth-order valence-corrected chi connectivity index (χ4v) is 2.23. The molecule has 16 heavy (non-hydrogen) atoms. The van der Waals surface area contributed by atoms with Gasteiger partial charge in [0.05, 0.1) is 11.5 Å². The van der Waals surface area contributed by atoms with Gasteiger partial charge in [0, 0.05) is 10.8 Å². The first-order valence-corrected chi connectivity index (χ1v) is 6.10. The van der Waals surface area contributed by atoms with Crippen molar-refractivity contribution in [2.45, 2.75) is 11.8 Å². The molecule has 0 amide bonds. The van der Waals surface area contributed by atoms with Crippen LogP contribution in [0.25, 0.3) is 10.8 Å². The number of fused-ring (bicyclic) bond motifs is 1. The smallest absolute Gasteiger partial charge is 0.187 e. The summed E-state index contributed by atoms with van der Waals surface area (Å²) in [4.78, 5) is 0.416. The Balaban J connectivity index is 2.71. The maximum absolute atomic E-state index is 11.2. The van der Waals surface area contributed by atoms with Crippen molar-refractivity contribution in [3.05, 3.63) is 36.4 Å². The van der Waals surface area contributed by atoms with Crippen molar-refractivity contribution in [3.63, 3.8) is 0 Å². The highest BCUT2D eigenvalue weighted by Gasteiger charge is 2.09. The minimum atomic E-state index is -1.97. The average Bonchev–Trinajstić information content (AvgIpc) is 2.29. The van der Waals surface area contributed by atoms with E-state index in [1.165, 1.54) is 0 Å². The van der Waals surface area contributed by atoms with E-state index in [-0.39, 0.29) is 0 Å². The van der Waals surface area contributed by atoms with Crippen molar-refractivity contribution in [1.82, 2.24) is 0 Å². The van der Waals surface area contributed by atoms with Gasteiger partial charge in [0.1, 0.15) is 5.75 Å². The average molecular weight is 236 g/mol. The van der Waals surface area contributed by atoms with E-state index in [1.54, 1.807) is 12.1 Å². The van der Waals surface area contributed by atoms with Crippen molar-refractivity contribution in [2.24, 2.45) is 0 Å². The van der Waals surface area contributed by atoms with Gasteiger partial charge in [0.2, 0.25) is 0 Å². The summed E-state index contributed by atoms with van der Waals surface area (Å²) in [5.74, 6) is 0.743. The molecule has 2 aromatic carbocycles. The van der Waals surface area contributed by atoms with Crippen LogP contribution in [0, 0.1) is 0 Å². The Labute approximate surface area is 96.3 Å². The highest BCUT2D eigenvalue weighted by atomic mass is 32.2. The Morgan fingerprint density at radius 1 is 1.19 bits per heavy atom. The lowest BCUT2D eigenvalue weighted by Gasteiger charge is -2.09. The molecule has 2 rings (SSSR count). The third kappa shape index (κ3) is 1.94. The third-order valence-corrected chi connectivity index (χ3v) is 3.06. The molecule has 2 aromatic rings. The number of ether oxygens (including phenoxy) is 1. The first-order chi connectivity index (χ1) is 7.74. The normalized spacial score (nSPS) is 12.6. The molecule has 4 heteroatoms. The molecule has 0 radical (unpaired) electrons. The molecule has 84 valence electrons. The number of benzene rings is 2. The van der Waals surface area contributed by atoms with E-state index in [1.807, 2.05) is 31.2 Å². The van der Waals surface area contributed by atoms with Crippen LogP contribution in [0.4, 0.5) is 0 Å². The Morgan fingerprint density at radius 3 is 2.50 bits per heavy atom. The predicted molar refractivity (Wildman–Crippen MR) is 64.2 cm³/mol. The van der Waals surface area contributed by atoms with Crippen LogP contribution in [-0.2, 0) is 11.1 Å². The molecular formula is C12H12O3S.